The summed E-state index contributed by atoms with van der Waals surface area (Å²) < 4.78 is 1.73. The van der Waals surface area contributed by atoms with Crippen molar-refractivity contribution < 1.29 is 0 Å². The van der Waals surface area contributed by atoms with Crippen LogP contribution in [0.2, 0.25) is 0 Å². The highest BCUT2D eigenvalue weighted by Gasteiger charge is 2.35. The van der Waals surface area contributed by atoms with Crippen LogP contribution in [0.25, 0.3) is 0 Å². The maximum atomic E-state index is 11.5. The van der Waals surface area contributed by atoms with Gasteiger partial charge in [-0.1, -0.05) is 13.8 Å². The van der Waals surface area contributed by atoms with Gasteiger partial charge in [0.2, 0.25) is 0 Å². The molecule has 0 bridgehead atoms. The van der Waals surface area contributed by atoms with Gasteiger partial charge in [0.25, 0.3) is 5.56 Å². The third kappa shape index (κ3) is 2.22. The van der Waals surface area contributed by atoms with Crippen molar-refractivity contribution in [3.8, 4) is 0 Å². The fraction of sp³-hybridized carbons (Fsp3) is 0.583. The minimum Gasteiger partial charge on any atom is -0.398 e. The van der Waals surface area contributed by atoms with E-state index in [2.05, 4.69) is 13.8 Å². The minimum atomic E-state index is 0.0499. The average Bonchev–Trinajstić information content (AvgIpc) is 2.08. The molecule has 1 aliphatic carbocycles. The number of rotatable bonds is 2. The van der Waals surface area contributed by atoms with Crippen molar-refractivity contribution in [3.05, 3.63) is 28.7 Å². The second-order valence-electron chi connectivity index (χ2n) is 5.39. The molecule has 2 N–H and O–H groups in total. The molecule has 2 rings (SSSR count). The highest BCUT2D eigenvalue weighted by molar-refractivity contribution is 5.33. The average molecular weight is 206 g/mol. The lowest BCUT2D eigenvalue weighted by molar-refractivity contribution is 0.0821. The first-order chi connectivity index (χ1) is 6.96. The van der Waals surface area contributed by atoms with Gasteiger partial charge in [-0.05, 0) is 30.2 Å². The largest absolute Gasteiger partial charge is 0.398 e. The number of hydrogen-bond acceptors (Lipinski definition) is 2. The SMILES string of the molecule is CC1(C)CC(Cn2cc(N)ccc2=O)C1. The molecule has 1 saturated carbocycles. The zero-order valence-corrected chi connectivity index (χ0v) is 9.36. The van der Waals surface area contributed by atoms with Crippen LogP contribution in [-0.2, 0) is 6.54 Å². The van der Waals surface area contributed by atoms with Gasteiger partial charge >= 0.3 is 0 Å². The molecule has 1 aromatic rings. The van der Waals surface area contributed by atoms with Crippen LogP contribution in [0.5, 0.6) is 0 Å². The van der Waals surface area contributed by atoms with E-state index in [1.165, 1.54) is 12.8 Å². The predicted octanol–water partition coefficient (Wildman–Crippen LogP) is 1.87. The minimum absolute atomic E-state index is 0.0499. The van der Waals surface area contributed by atoms with E-state index in [9.17, 15) is 4.79 Å². The fourth-order valence-corrected chi connectivity index (χ4v) is 2.60. The standard InChI is InChI=1S/C12H18N2O/c1-12(2)5-9(6-12)7-14-8-10(13)3-4-11(14)15/h3-4,8-9H,5-7,13H2,1-2H3. The lowest BCUT2D eigenvalue weighted by Crippen LogP contribution is -2.36. The van der Waals surface area contributed by atoms with Crippen molar-refractivity contribution in [2.24, 2.45) is 11.3 Å². The van der Waals surface area contributed by atoms with Gasteiger partial charge in [-0.2, -0.15) is 0 Å². The molecule has 0 aliphatic heterocycles. The van der Waals surface area contributed by atoms with E-state index in [1.807, 2.05) is 0 Å². The summed E-state index contributed by atoms with van der Waals surface area (Å²) in [5, 5.41) is 0. The first kappa shape index (κ1) is 10.3. The van der Waals surface area contributed by atoms with Gasteiger partial charge in [-0.25, -0.2) is 0 Å². The van der Waals surface area contributed by atoms with Crippen molar-refractivity contribution in [2.75, 3.05) is 5.73 Å². The first-order valence-electron chi connectivity index (χ1n) is 5.42. The topological polar surface area (TPSA) is 48.0 Å². The number of aromatic nitrogens is 1. The molecule has 1 aromatic heterocycles. The van der Waals surface area contributed by atoms with E-state index in [0.29, 0.717) is 17.0 Å². The summed E-state index contributed by atoms with van der Waals surface area (Å²) in [6.07, 6.45) is 4.15. The van der Waals surface area contributed by atoms with Crippen molar-refractivity contribution in [1.29, 1.82) is 0 Å². The highest BCUT2D eigenvalue weighted by Crippen LogP contribution is 2.45. The van der Waals surface area contributed by atoms with Crippen LogP contribution in [0, 0.1) is 11.3 Å². The Labute approximate surface area is 89.9 Å². The highest BCUT2D eigenvalue weighted by atomic mass is 16.1. The number of nitrogens with two attached hydrogens (primary N) is 1. The molecule has 0 atom stereocenters. The molecule has 1 heterocycles. The van der Waals surface area contributed by atoms with E-state index in [-0.39, 0.29) is 5.56 Å². The fourth-order valence-electron chi connectivity index (χ4n) is 2.60. The molecule has 0 unspecified atom stereocenters. The molecule has 15 heavy (non-hydrogen) atoms. The normalized spacial score (nSPS) is 19.9. The molecule has 1 aliphatic rings. The maximum absolute atomic E-state index is 11.5. The Morgan fingerprint density at radius 3 is 2.73 bits per heavy atom. The van der Waals surface area contributed by atoms with Gasteiger partial charge in [0.15, 0.2) is 0 Å². The molecule has 0 aromatic carbocycles. The Morgan fingerprint density at radius 1 is 1.47 bits per heavy atom. The summed E-state index contributed by atoms with van der Waals surface area (Å²) in [7, 11) is 0. The van der Waals surface area contributed by atoms with E-state index >= 15 is 0 Å². The van der Waals surface area contributed by atoms with Crippen LogP contribution in [0.4, 0.5) is 5.69 Å². The zero-order chi connectivity index (χ0) is 11.1. The van der Waals surface area contributed by atoms with Gasteiger partial charge in [0, 0.05) is 24.5 Å². The Kier molecular flexibility index (Phi) is 2.33. The Hall–Kier alpha value is -1.25. The van der Waals surface area contributed by atoms with Gasteiger partial charge in [0.1, 0.15) is 0 Å². The number of nitrogens with zero attached hydrogens (tertiary/aromatic N) is 1. The Bertz CT molecular complexity index is 412. The molecule has 0 spiro atoms. The van der Waals surface area contributed by atoms with Crippen molar-refractivity contribution in [1.82, 2.24) is 4.57 Å². The molecule has 82 valence electrons. The third-order valence-electron chi connectivity index (χ3n) is 3.14. The second kappa shape index (κ2) is 3.40. The monoisotopic (exact) mass is 206 g/mol. The summed E-state index contributed by atoms with van der Waals surface area (Å²) in [4.78, 5) is 11.5. The molecule has 0 radical (unpaired) electrons. The van der Waals surface area contributed by atoms with Gasteiger partial charge in [-0.3, -0.25) is 4.79 Å². The Balaban J connectivity index is 2.06. The van der Waals surface area contributed by atoms with Crippen LogP contribution in [0.15, 0.2) is 23.1 Å². The molecule has 3 heteroatoms. The molecule has 0 saturated heterocycles. The number of nitrogen functional groups attached to an aromatic ring is 1. The zero-order valence-electron chi connectivity index (χ0n) is 9.36. The summed E-state index contributed by atoms with van der Waals surface area (Å²) >= 11 is 0. The molecular formula is C12H18N2O. The maximum Gasteiger partial charge on any atom is 0.250 e. The van der Waals surface area contributed by atoms with Gasteiger partial charge in [-0.15, -0.1) is 0 Å². The number of anilines is 1. The predicted molar refractivity (Wildman–Crippen MR) is 61.6 cm³/mol. The smallest absolute Gasteiger partial charge is 0.250 e. The second-order valence-corrected chi connectivity index (χ2v) is 5.39. The summed E-state index contributed by atoms with van der Waals surface area (Å²) in [5.74, 6) is 0.638. The number of hydrogen-bond donors (Lipinski definition) is 1. The van der Waals surface area contributed by atoms with Crippen LogP contribution in [0.3, 0.4) is 0 Å². The molecule has 3 nitrogen and oxygen atoms in total. The summed E-state index contributed by atoms with van der Waals surface area (Å²) in [6, 6.07) is 3.20. The van der Waals surface area contributed by atoms with Gasteiger partial charge < -0.3 is 10.3 Å². The Morgan fingerprint density at radius 2 is 2.13 bits per heavy atom. The van der Waals surface area contributed by atoms with Gasteiger partial charge in [0.05, 0.1) is 0 Å². The van der Waals surface area contributed by atoms with E-state index in [0.717, 1.165) is 6.54 Å². The summed E-state index contributed by atoms with van der Waals surface area (Å²) in [5.41, 5.74) is 6.83. The molecular weight excluding hydrogens is 188 g/mol. The first-order valence-corrected chi connectivity index (χ1v) is 5.42. The van der Waals surface area contributed by atoms with Crippen LogP contribution >= 0.6 is 0 Å². The lowest BCUT2D eigenvalue weighted by Gasteiger charge is -2.42. The van der Waals surface area contributed by atoms with Crippen molar-refractivity contribution >= 4 is 5.69 Å². The van der Waals surface area contributed by atoms with E-state index < -0.39 is 0 Å². The quantitative estimate of drug-likeness (QED) is 0.803. The van der Waals surface area contributed by atoms with E-state index in [1.54, 1.807) is 22.9 Å². The third-order valence-corrected chi connectivity index (χ3v) is 3.14. The number of pyridine rings is 1. The molecule has 1 fully saturated rings. The van der Waals surface area contributed by atoms with Crippen molar-refractivity contribution in [3.63, 3.8) is 0 Å². The van der Waals surface area contributed by atoms with Crippen LogP contribution < -0.4 is 11.3 Å². The lowest BCUT2D eigenvalue weighted by atomic mass is 9.64. The molecule has 0 amide bonds. The van der Waals surface area contributed by atoms with Crippen molar-refractivity contribution in [2.45, 2.75) is 33.2 Å². The van der Waals surface area contributed by atoms with Crippen LogP contribution in [0.1, 0.15) is 26.7 Å². The van der Waals surface area contributed by atoms with E-state index in [4.69, 9.17) is 5.73 Å². The summed E-state index contributed by atoms with van der Waals surface area (Å²) in [6.45, 7) is 5.35. The van der Waals surface area contributed by atoms with Crippen LogP contribution in [-0.4, -0.2) is 4.57 Å².